The molecule has 2 rings (SSSR count). The Morgan fingerprint density at radius 2 is 2.04 bits per heavy atom. The van der Waals surface area contributed by atoms with E-state index in [2.05, 4.69) is 5.32 Å². The first-order chi connectivity index (χ1) is 12.0. The molecule has 0 unspecified atom stereocenters. The van der Waals surface area contributed by atoms with E-state index in [-0.39, 0.29) is 25.5 Å². The second kappa shape index (κ2) is 9.16. The number of carbonyl (C=O) groups excluding carboxylic acids is 1. The number of hydrogen-bond acceptors (Lipinski definition) is 4. The van der Waals surface area contributed by atoms with Crippen LogP contribution in [0.15, 0.2) is 36.4 Å². The van der Waals surface area contributed by atoms with Crippen molar-refractivity contribution in [3.63, 3.8) is 0 Å². The number of nitrogens with one attached hydrogen (secondary N) is 1. The van der Waals surface area contributed by atoms with Gasteiger partial charge in [0.2, 0.25) is 5.91 Å². The summed E-state index contributed by atoms with van der Waals surface area (Å²) in [5, 5.41) is 12.1. The average Bonchev–Trinajstić information content (AvgIpc) is 2.59. The van der Waals surface area contributed by atoms with Gasteiger partial charge in [-0.15, -0.1) is 0 Å². The maximum atomic E-state index is 11.4. The molecule has 0 aromatic heterocycles. The molecule has 0 radical (unpaired) electrons. The molecule has 2 aromatic rings. The SMILES string of the molecule is COc1cc(CNC(=O)CC#N)cc(Cl)c1OCc1cccc(Cl)c1. The lowest BCUT2D eigenvalue weighted by molar-refractivity contribution is -0.120. The average molecular weight is 379 g/mol. The first-order valence-corrected chi connectivity index (χ1v) is 8.16. The maximum absolute atomic E-state index is 11.4. The summed E-state index contributed by atoms with van der Waals surface area (Å²) in [5.74, 6) is 0.522. The molecule has 0 heterocycles. The highest BCUT2D eigenvalue weighted by molar-refractivity contribution is 6.32. The van der Waals surface area contributed by atoms with Crippen LogP contribution < -0.4 is 14.8 Å². The molecule has 0 bridgehead atoms. The number of carbonyl (C=O) groups is 1. The van der Waals surface area contributed by atoms with Crippen LogP contribution in [-0.4, -0.2) is 13.0 Å². The number of halogens is 2. The van der Waals surface area contributed by atoms with E-state index in [9.17, 15) is 4.79 Å². The van der Waals surface area contributed by atoms with E-state index >= 15 is 0 Å². The van der Waals surface area contributed by atoms with Gasteiger partial charge in [-0.25, -0.2) is 0 Å². The maximum Gasteiger partial charge on any atom is 0.234 e. The van der Waals surface area contributed by atoms with Gasteiger partial charge < -0.3 is 14.8 Å². The number of ether oxygens (including phenoxy) is 2. The van der Waals surface area contributed by atoms with Gasteiger partial charge in [-0.1, -0.05) is 35.3 Å². The number of hydrogen-bond donors (Lipinski definition) is 1. The highest BCUT2D eigenvalue weighted by Crippen LogP contribution is 2.37. The quantitative estimate of drug-likeness (QED) is 0.786. The molecule has 0 aliphatic rings. The molecule has 0 aliphatic heterocycles. The number of rotatable bonds is 7. The summed E-state index contributed by atoms with van der Waals surface area (Å²) in [6.45, 7) is 0.528. The third-order valence-corrected chi connectivity index (χ3v) is 3.81. The zero-order chi connectivity index (χ0) is 18.2. The molecule has 0 fully saturated rings. The van der Waals surface area contributed by atoms with Gasteiger partial charge in [0.15, 0.2) is 11.5 Å². The minimum Gasteiger partial charge on any atom is -0.493 e. The minimum atomic E-state index is -0.348. The van der Waals surface area contributed by atoms with Crippen molar-refractivity contribution in [1.29, 1.82) is 5.26 Å². The number of benzene rings is 2. The Hall–Kier alpha value is -2.42. The Balaban J connectivity index is 2.10. The summed E-state index contributed by atoms with van der Waals surface area (Å²) in [6.07, 6.45) is -0.189. The Morgan fingerprint density at radius 3 is 2.72 bits per heavy atom. The van der Waals surface area contributed by atoms with Crippen LogP contribution in [0.25, 0.3) is 0 Å². The van der Waals surface area contributed by atoms with E-state index in [1.807, 2.05) is 12.1 Å². The molecule has 2 aromatic carbocycles. The van der Waals surface area contributed by atoms with Crippen LogP contribution in [0.3, 0.4) is 0 Å². The summed E-state index contributed by atoms with van der Waals surface area (Å²) < 4.78 is 11.1. The lowest BCUT2D eigenvalue weighted by atomic mass is 10.2. The van der Waals surface area contributed by atoms with Crippen molar-refractivity contribution in [2.24, 2.45) is 0 Å². The van der Waals surface area contributed by atoms with Crippen molar-refractivity contribution < 1.29 is 14.3 Å². The van der Waals surface area contributed by atoms with E-state index in [4.69, 9.17) is 37.9 Å². The van der Waals surface area contributed by atoms with Gasteiger partial charge in [0.05, 0.1) is 18.2 Å². The van der Waals surface area contributed by atoms with Crippen LogP contribution >= 0.6 is 23.2 Å². The topological polar surface area (TPSA) is 71.3 Å². The third kappa shape index (κ3) is 5.56. The van der Waals surface area contributed by atoms with Gasteiger partial charge in [0, 0.05) is 11.6 Å². The lowest BCUT2D eigenvalue weighted by Crippen LogP contribution is -2.21. The lowest BCUT2D eigenvalue weighted by Gasteiger charge is -2.14. The normalized spacial score (nSPS) is 10.0. The molecule has 5 nitrogen and oxygen atoms in total. The van der Waals surface area contributed by atoms with Crippen molar-refractivity contribution >= 4 is 29.1 Å². The largest absolute Gasteiger partial charge is 0.493 e. The van der Waals surface area contributed by atoms with E-state index in [0.29, 0.717) is 21.5 Å². The van der Waals surface area contributed by atoms with E-state index in [0.717, 1.165) is 11.1 Å². The standard InChI is InChI=1S/C18H16Cl2N2O3/c1-24-16-9-13(10-22-17(23)5-6-21)8-15(20)18(16)25-11-12-3-2-4-14(19)7-12/h2-4,7-9H,5,10-11H2,1H3,(H,22,23). The molecular weight excluding hydrogens is 363 g/mol. The molecule has 7 heteroatoms. The zero-order valence-electron chi connectivity index (χ0n) is 13.5. The van der Waals surface area contributed by atoms with Crippen molar-refractivity contribution in [3.05, 3.63) is 57.6 Å². The van der Waals surface area contributed by atoms with Crippen LogP contribution in [0, 0.1) is 11.3 Å². The predicted octanol–water partition coefficient (Wildman–Crippen LogP) is 4.11. The van der Waals surface area contributed by atoms with Crippen LogP contribution in [0.5, 0.6) is 11.5 Å². The number of nitrogens with zero attached hydrogens (tertiary/aromatic N) is 1. The number of nitriles is 1. The fourth-order valence-electron chi connectivity index (χ4n) is 2.13. The summed E-state index contributed by atoms with van der Waals surface area (Å²) >= 11 is 12.3. The van der Waals surface area contributed by atoms with Crippen molar-refractivity contribution in [2.75, 3.05) is 7.11 Å². The van der Waals surface area contributed by atoms with E-state index in [1.54, 1.807) is 30.3 Å². The molecule has 0 saturated carbocycles. The summed E-state index contributed by atoms with van der Waals surface area (Å²) in [7, 11) is 1.51. The molecule has 130 valence electrons. The van der Waals surface area contributed by atoms with Gasteiger partial charge in [0.25, 0.3) is 0 Å². The molecule has 0 spiro atoms. The van der Waals surface area contributed by atoms with Crippen LogP contribution in [0.2, 0.25) is 10.0 Å². The molecular formula is C18H16Cl2N2O3. The molecule has 25 heavy (non-hydrogen) atoms. The summed E-state index contributed by atoms with van der Waals surface area (Å²) in [6, 6.07) is 12.5. The third-order valence-electron chi connectivity index (χ3n) is 3.29. The van der Waals surface area contributed by atoms with Gasteiger partial charge in [0.1, 0.15) is 13.0 Å². The minimum absolute atomic E-state index is 0.189. The summed E-state index contributed by atoms with van der Waals surface area (Å²) in [5.41, 5.74) is 1.64. The van der Waals surface area contributed by atoms with Crippen molar-refractivity contribution in [3.8, 4) is 17.6 Å². The predicted molar refractivity (Wildman–Crippen MR) is 95.9 cm³/mol. The number of amides is 1. The van der Waals surface area contributed by atoms with E-state index < -0.39 is 0 Å². The van der Waals surface area contributed by atoms with Crippen LogP contribution in [0.4, 0.5) is 0 Å². The highest BCUT2D eigenvalue weighted by Gasteiger charge is 2.13. The first-order valence-electron chi connectivity index (χ1n) is 7.40. The van der Waals surface area contributed by atoms with Crippen molar-refractivity contribution in [1.82, 2.24) is 5.32 Å². The molecule has 1 N–H and O–H groups in total. The van der Waals surface area contributed by atoms with E-state index in [1.165, 1.54) is 7.11 Å². The van der Waals surface area contributed by atoms with Crippen LogP contribution in [0.1, 0.15) is 17.5 Å². The number of methoxy groups -OCH3 is 1. The smallest absolute Gasteiger partial charge is 0.234 e. The first kappa shape index (κ1) is 18.9. The summed E-state index contributed by atoms with van der Waals surface area (Å²) in [4.78, 5) is 11.4. The Labute approximate surface area is 156 Å². The second-order valence-electron chi connectivity index (χ2n) is 5.14. The highest BCUT2D eigenvalue weighted by atomic mass is 35.5. The van der Waals surface area contributed by atoms with Gasteiger partial charge >= 0.3 is 0 Å². The molecule has 0 saturated heterocycles. The second-order valence-corrected chi connectivity index (χ2v) is 5.98. The van der Waals surface area contributed by atoms with Crippen LogP contribution in [-0.2, 0) is 17.9 Å². The Bertz CT molecular complexity index is 803. The molecule has 0 atom stereocenters. The van der Waals surface area contributed by atoms with Crippen molar-refractivity contribution in [2.45, 2.75) is 19.6 Å². The van der Waals surface area contributed by atoms with Gasteiger partial charge in [-0.05, 0) is 35.4 Å². The Morgan fingerprint density at radius 1 is 1.24 bits per heavy atom. The molecule has 0 aliphatic carbocycles. The molecule has 1 amide bonds. The monoisotopic (exact) mass is 378 g/mol. The Kier molecular flexibility index (Phi) is 6.93. The van der Waals surface area contributed by atoms with Gasteiger partial charge in [-0.2, -0.15) is 5.26 Å². The fourth-order valence-corrected chi connectivity index (χ4v) is 2.63. The zero-order valence-corrected chi connectivity index (χ0v) is 15.0. The van der Waals surface area contributed by atoms with Gasteiger partial charge in [-0.3, -0.25) is 4.79 Å². The fraction of sp³-hybridized carbons (Fsp3) is 0.222.